The number of rotatable bonds is 27. The second-order valence-corrected chi connectivity index (χ2v) is 11.3. The van der Waals surface area contributed by atoms with Crippen molar-refractivity contribution in [2.45, 2.75) is 136 Å². The van der Waals surface area contributed by atoms with E-state index in [0.717, 1.165) is 77.0 Å². The predicted octanol–water partition coefficient (Wildman–Crippen LogP) is 8.28. The molecule has 1 atom stereocenters. The lowest BCUT2D eigenvalue weighted by Gasteiger charge is -2.18. The Bertz CT molecular complexity index is 756. The van der Waals surface area contributed by atoms with Crippen LogP contribution in [0.5, 0.6) is 0 Å². The first kappa shape index (κ1) is 38.3. The van der Waals surface area contributed by atoms with Crippen LogP contribution < -0.4 is 0 Å². The number of phosphoric acid groups is 1. The molecule has 0 aliphatic rings. The van der Waals surface area contributed by atoms with E-state index in [1.54, 1.807) is 0 Å². The first-order valence-electron chi connectivity index (χ1n) is 15.3. The fourth-order valence-electron chi connectivity index (χ4n) is 3.91. The molecule has 40 heavy (non-hydrogen) atoms. The minimum absolute atomic E-state index is 0.193. The van der Waals surface area contributed by atoms with E-state index in [2.05, 4.69) is 54.8 Å². The third-order valence-electron chi connectivity index (χ3n) is 6.17. The summed E-state index contributed by atoms with van der Waals surface area (Å²) in [6.07, 6.45) is 28.9. The third-order valence-corrected chi connectivity index (χ3v) is 6.66. The molecule has 0 aliphatic carbocycles. The summed E-state index contributed by atoms with van der Waals surface area (Å²) in [5, 5.41) is 0. The SMILES string of the molecule is CC/C=C/C/C=C/C/C=C/CCCCCCCC(=O)O[C@H](COC(=O)CCCCCCCCC)COP(=O)(O)O. The summed E-state index contributed by atoms with van der Waals surface area (Å²) < 4.78 is 26.0. The first-order chi connectivity index (χ1) is 19.3. The zero-order valence-electron chi connectivity index (χ0n) is 25.0. The average Bonchev–Trinajstić information content (AvgIpc) is 2.91. The summed E-state index contributed by atoms with van der Waals surface area (Å²) in [7, 11) is -4.74. The molecule has 0 saturated heterocycles. The largest absolute Gasteiger partial charge is 0.469 e. The Balaban J connectivity index is 4.07. The Morgan fingerprint density at radius 2 is 1.20 bits per heavy atom. The Hall–Kier alpha value is -1.73. The van der Waals surface area contributed by atoms with Crippen molar-refractivity contribution in [1.82, 2.24) is 0 Å². The molecule has 0 aromatic heterocycles. The molecule has 0 spiro atoms. The summed E-state index contributed by atoms with van der Waals surface area (Å²) in [5.74, 6) is -0.916. The van der Waals surface area contributed by atoms with Crippen molar-refractivity contribution in [2.24, 2.45) is 0 Å². The molecule has 0 unspecified atom stereocenters. The highest BCUT2D eigenvalue weighted by atomic mass is 31.2. The standard InChI is InChI=1S/C31H55O8P/c1-3-5-7-9-11-12-13-14-15-16-17-18-20-22-24-26-31(33)39-29(28-38-40(34,35)36)27-37-30(32)25-23-21-19-10-8-6-4-2/h5,7,11-12,14-15,29H,3-4,6,8-10,13,16-28H2,1-2H3,(H2,34,35,36)/b7-5+,12-11+,15-14+/t29-/m1/s1. The van der Waals surface area contributed by atoms with E-state index in [9.17, 15) is 14.2 Å². The monoisotopic (exact) mass is 586 g/mol. The lowest BCUT2D eigenvalue weighted by Crippen LogP contribution is -2.29. The molecule has 2 N–H and O–H groups in total. The van der Waals surface area contributed by atoms with Gasteiger partial charge in [-0.15, -0.1) is 0 Å². The highest BCUT2D eigenvalue weighted by Gasteiger charge is 2.22. The van der Waals surface area contributed by atoms with E-state index in [1.807, 2.05) is 0 Å². The molecule has 0 amide bonds. The number of ether oxygens (including phenoxy) is 2. The lowest BCUT2D eigenvalue weighted by molar-refractivity contribution is -0.161. The van der Waals surface area contributed by atoms with Crippen molar-refractivity contribution in [3.8, 4) is 0 Å². The van der Waals surface area contributed by atoms with Crippen LogP contribution >= 0.6 is 7.82 Å². The fraction of sp³-hybridized carbons (Fsp3) is 0.742. The van der Waals surface area contributed by atoms with Crippen molar-refractivity contribution in [3.63, 3.8) is 0 Å². The Morgan fingerprint density at radius 1 is 0.675 bits per heavy atom. The van der Waals surface area contributed by atoms with Crippen LogP contribution in [0.1, 0.15) is 129 Å². The van der Waals surface area contributed by atoms with Gasteiger partial charge in [-0.2, -0.15) is 0 Å². The van der Waals surface area contributed by atoms with E-state index in [-0.39, 0.29) is 19.4 Å². The topological polar surface area (TPSA) is 119 Å². The number of allylic oxidation sites excluding steroid dienone is 6. The Kier molecular flexibility index (Phi) is 26.3. The van der Waals surface area contributed by atoms with Crippen LogP contribution in [0.3, 0.4) is 0 Å². The van der Waals surface area contributed by atoms with Crippen molar-refractivity contribution in [1.29, 1.82) is 0 Å². The van der Waals surface area contributed by atoms with E-state index in [1.165, 1.54) is 19.3 Å². The summed E-state index contributed by atoms with van der Waals surface area (Å²) in [6, 6.07) is 0. The molecule has 0 radical (unpaired) electrons. The number of phosphoric ester groups is 1. The van der Waals surface area contributed by atoms with E-state index >= 15 is 0 Å². The molecular formula is C31H55O8P. The highest BCUT2D eigenvalue weighted by molar-refractivity contribution is 7.46. The maximum Gasteiger partial charge on any atom is 0.469 e. The molecule has 8 nitrogen and oxygen atoms in total. The average molecular weight is 587 g/mol. The third kappa shape index (κ3) is 29.3. The number of esters is 2. The van der Waals surface area contributed by atoms with Gasteiger partial charge in [0.1, 0.15) is 6.61 Å². The quantitative estimate of drug-likeness (QED) is 0.0427. The van der Waals surface area contributed by atoms with Crippen LogP contribution in [0.15, 0.2) is 36.5 Å². The van der Waals surface area contributed by atoms with Crippen molar-refractivity contribution < 1.29 is 37.9 Å². The fourth-order valence-corrected chi connectivity index (χ4v) is 4.27. The van der Waals surface area contributed by atoms with Gasteiger partial charge in [0.15, 0.2) is 6.10 Å². The van der Waals surface area contributed by atoms with Crippen molar-refractivity contribution in [2.75, 3.05) is 13.2 Å². The number of hydrogen-bond acceptors (Lipinski definition) is 6. The smallest absolute Gasteiger partial charge is 0.462 e. The van der Waals surface area contributed by atoms with Gasteiger partial charge in [0.05, 0.1) is 6.61 Å². The minimum atomic E-state index is -4.74. The Morgan fingerprint density at radius 3 is 1.80 bits per heavy atom. The van der Waals surface area contributed by atoms with Crippen LogP contribution in [0.4, 0.5) is 0 Å². The van der Waals surface area contributed by atoms with Crippen LogP contribution in [-0.2, 0) is 28.2 Å². The van der Waals surface area contributed by atoms with Gasteiger partial charge in [0.25, 0.3) is 0 Å². The zero-order chi connectivity index (χ0) is 29.7. The molecule has 0 aliphatic heterocycles. The molecule has 0 rings (SSSR count). The van der Waals surface area contributed by atoms with Crippen LogP contribution in [0.25, 0.3) is 0 Å². The van der Waals surface area contributed by atoms with E-state index < -0.39 is 32.5 Å². The van der Waals surface area contributed by atoms with Gasteiger partial charge in [0, 0.05) is 12.8 Å². The maximum absolute atomic E-state index is 12.2. The summed E-state index contributed by atoms with van der Waals surface area (Å²) in [6.45, 7) is 3.47. The van der Waals surface area contributed by atoms with Crippen molar-refractivity contribution in [3.05, 3.63) is 36.5 Å². The molecule has 0 aromatic rings. The normalized spacial score (nSPS) is 13.0. The lowest BCUT2D eigenvalue weighted by atomic mass is 10.1. The molecule has 0 fully saturated rings. The number of unbranched alkanes of at least 4 members (excludes halogenated alkanes) is 11. The second-order valence-electron chi connectivity index (χ2n) is 10.1. The molecule has 232 valence electrons. The summed E-state index contributed by atoms with van der Waals surface area (Å²) in [4.78, 5) is 42.2. The van der Waals surface area contributed by atoms with Crippen LogP contribution in [0, 0.1) is 0 Å². The zero-order valence-corrected chi connectivity index (χ0v) is 25.9. The van der Waals surface area contributed by atoms with E-state index in [4.69, 9.17) is 19.3 Å². The molecule has 0 heterocycles. The number of carbonyl (C=O) groups excluding carboxylic acids is 2. The van der Waals surface area contributed by atoms with E-state index in [0.29, 0.717) is 6.42 Å². The van der Waals surface area contributed by atoms with Crippen LogP contribution in [-0.4, -0.2) is 41.0 Å². The molecule has 0 bridgehead atoms. The summed E-state index contributed by atoms with van der Waals surface area (Å²) in [5.41, 5.74) is 0. The predicted molar refractivity (Wildman–Crippen MR) is 161 cm³/mol. The maximum atomic E-state index is 12.2. The molecule has 0 saturated carbocycles. The molecule has 9 heteroatoms. The second kappa shape index (κ2) is 27.4. The number of carbonyl (C=O) groups is 2. The van der Waals surface area contributed by atoms with Crippen molar-refractivity contribution >= 4 is 19.8 Å². The van der Waals surface area contributed by atoms with Gasteiger partial charge < -0.3 is 19.3 Å². The van der Waals surface area contributed by atoms with Crippen LogP contribution in [0.2, 0.25) is 0 Å². The van der Waals surface area contributed by atoms with Gasteiger partial charge in [-0.3, -0.25) is 14.1 Å². The Labute approximate surface area is 242 Å². The summed E-state index contributed by atoms with van der Waals surface area (Å²) >= 11 is 0. The number of hydrogen-bond donors (Lipinski definition) is 2. The first-order valence-corrected chi connectivity index (χ1v) is 16.8. The minimum Gasteiger partial charge on any atom is -0.462 e. The van der Waals surface area contributed by atoms with Gasteiger partial charge in [-0.1, -0.05) is 108 Å². The highest BCUT2D eigenvalue weighted by Crippen LogP contribution is 2.35. The molecule has 0 aromatic carbocycles. The van der Waals surface area contributed by atoms with Gasteiger partial charge in [-0.05, 0) is 44.9 Å². The molecular weight excluding hydrogens is 531 g/mol. The van der Waals surface area contributed by atoms with Gasteiger partial charge in [-0.25, -0.2) is 4.57 Å². The van der Waals surface area contributed by atoms with Gasteiger partial charge >= 0.3 is 19.8 Å². The van der Waals surface area contributed by atoms with Gasteiger partial charge in [0.2, 0.25) is 0 Å².